The maximum Gasteiger partial charge on any atom is 0.350 e. The lowest BCUT2D eigenvalue weighted by Gasteiger charge is -2.10. The first-order chi connectivity index (χ1) is 6.77. The molecule has 14 heavy (non-hydrogen) atoms. The van der Waals surface area contributed by atoms with Crippen LogP contribution < -0.4 is 5.73 Å². The molecular weight excluding hydrogens is 198 g/mol. The normalized spacial score (nSPS) is 17.1. The van der Waals surface area contributed by atoms with Gasteiger partial charge >= 0.3 is 5.97 Å². The van der Waals surface area contributed by atoms with Crippen molar-refractivity contribution in [1.82, 2.24) is 0 Å². The second kappa shape index (κ2) is 4.00. The van der Waals surface area contributed by atoms with Crippen molar-refractivity contribution in [2.24, 2.45) is 0 Å². The van der Waals surface area contributed by atoms with Crippen LogP contribution in [0.5, 0.6) is 0 Å². The molecule has 0 spiro atoms. The summed E-state index contributed by atoms with van der Waals surface area (Å²) < 4.78 is 5.33. The van der Waals surface area contributed by atoms with Crippen LogP contribution >= 0.6 is 11.3 Å². The van der Waals surface area contributed by atoms with Crippen molar-refractivity contribution in [2.75, 3.05) is 5.73 Å². The number of nitrogens with two attached hydrogens (primary N) is 1. The Balaban J connectivity index is 1.98. The van der Waals surface area contributed by atoms with E-state index in [0.717, 1.165) is 25.7 Å². The molecule has 1 aromatic heterocycles. The highest BCUT2D eigenvalue weighted by molar-refractivity contribution is 7.12. The molecule has 0 unspecified atom stereocenters. The molecule has 0 aromatic carbocycles. The van der Waals surface area contributed by atoms with E-state index in [1.165, 1.54) is 11.3 Å². The fourth-order valence-corrected chi connectivity index (χ4v) is 2.40. The summed E-state index contributed by atoms with van der Waals surface area (Å²) in [5, 5.41) is 1.81. The highest BCUT2D eigenvalue weighted by atomic mass is 32.1. The zero-order chi connectivity index (χ0) is 9.97. The van der Waals surface area contributed by atoms with Crippen molar-refractivity contribution >= 4 is 23.0 Å². The number of rotatable bonds is 2. The maximum atomic E-state index is 11.6. The zero-order valence-corrected chi connectivity index (χ0v) is 8.68. The van der Waals surface area contributed by atoms with Gasteiger partial charge in [0.2, 0.25) is 0 Å². The van der Waals surface area contributed by atoms with E-state index in [-0.39, 0.29) is 12.1 Å². The van der Waals surface area contributed by atoms with Crippen LogP contribution in [0.2, 0.25) is 0 Å². The molecule has 0 atom stereocenters. The van der Waals surface area contributed by atoms with E-state index in [1.54, 1.807) is 11.4 Å². The van der Waals surface area contributed by atoms with E-state index in [2.05, 4.69) is 0 Å². The van der Waals surface area contributed by atoms with Crippen molar-refractivity contribution in [1.29, 1.82) is 0 Å². The zero-order valence-electron chi connectivity index (χ0n) is 7.86. The number of carbonyl (C=O) groups is 1. The molecule has 1 aliphatic carbocycles. The summed E-state index contributed by atoms with van der Waals surface area (Å²) in [5.74, 6) is -0.260. The molecule has 1 aliphatic rings. The average molecular weight is 211 g/mol. The Bertz CT molecular complexity index is 329. The third kappa shape index (κ3) is 1.90. The number of ether oxygens (including phenoxy) is 1. The summed E-state index contributed by atoms with van der Waals surface area (Å²) in [4.78, 5) is 12.1. The van der Waals surface area contributed by atoms with Crippen LogP contribution in [0.3, 0.4) is 0 Å². The molecule has 0 amide bonds. The quantitative estimate of drug-likeness (QED) is 0.764. The number of hydrogen-bond acceptors (Lipinski definition) is 4. The molecule has 0 bridgehead atoms. The Labute approximate surface area is 86.9 Å². The van der Waals surface area contributed by atoms with E-state index >= 15 is 0 Å². The summed E-state index contributed by atoms with van der Waals surface area (Å²) in [5.41, 5.74) is 6.15. The Morgan fingerprint density at radius 1 is 1.50 bits per heavy atom. The molecule has 1 saturated carbocycles. The van der Waals surface area contributed by atoms with Crippen LogP contribution in [-0.2, 0) is 4.74 Å². The van der Waals surface area contributed by atoms with Gasteiger partial charge in [-0.05, 0) is 37.1 Å². The number of hydrogen-bond donors (Lipinski definition) is 1. The van der Waals surface area contributed by atoms with Crippen LogP contribution in [-0.4, -0.2) is 12.1 Å². The van der Waals surface area contributed by atoms with Gasteiger partial charge in [0, 0.05) is 0 Å². The van der Waals surface area contributed by atoms with Crippen molar-refractivity contribution in [3.63, 3.8) is 0 Å². The highest BCUT2D eigenvalue weighted by Crippen LogP contribution is 2.25. The lowest BCUT2D eigenvalue weighted by Crippen LogP contribution is -2.14. The Morgan fingerprint density at radius 3 is 2.79 bits per heavy atom. The fourth-order valence-electron chi connectivity index (χ4n) is 1.70. The number of thiophene rings is 1. The molecule has 2 N–H and O–H groups in total. The van der Waals surface area contributed by atoms with Gasteiger partial charge in [0.05, 0.1) is 5.69 Å². The fraction of sp³-hybridized carbons (Fsp3) is 0.500. The van der Waals surface area contributed by atoms with Gasteiger partial charge in [-0.25, -0.2) is 4.79 Å². The second-order valence-electron chi connectivity index (χ2n) is 3.52. The minimum Gasteiger partial charge on any atom is -0.458 e. The smallest absolute Gasteiger partial charge is 0.350 e. The second-order valence-corrected chi connectivity index (χ2v) is 4.43. The first-order valence-electron chi connectivity index (χ1n) is 4.81. The third-order valence-corrected chi connectivity index (χ3v) is 3.37. The topological polar surface area (TPSA) is 52.3 Å². The van der Waals surface area contributed by atoms with Crippen LogP contribution in [0.1, 0.15) is 35.4 Å². The minimum atomic E-state index is -0.260. The molecule has 2 rings (SSSR count). The Kier molecular flexibility index (Phi) is 2.72. The predicted molar refractivity (Wildman–Crippen MR) is 56.4 cm³/mol. The molecular formula is C10H13NO2S. The van der Waals surface area contributed by atoms with E-state index in [0.29, 0.717) is 10.6 Å². The SMILES string of the molecule is Nc1ccsc1C(=O)OC1CCCC1. The van der Waals surface area contributed by atoms with Crippen LogP contribution in [0.25, 0.3) is 0 Å². The first kappa shape index (κ1) is 9.52. The molecule has 3 nitrogen and oxygen atoms in total. The number of anilines is 1. The number of esters is 1. The molecule has 1 heterocycles. The summed E-state index contributed by atoms with van der Waals surface area (Å²) in [6.07, 6.45) is 4.44. The summed E-state index contributed by atoms with van der Waals surface area (Å²) in [7, 11) is 0. The molecule has 0 radical (unpaired) electrons. The van der Waals surface area contributed by atoms with Gasteiger partial charge in [0.1, 0.15) is 11.0 Å². The molecule has 76 valence electrons. The molecule has 0 saturated heterocycles. The van der Waals surface area contributed by atoms with Crippen LogP contribution in [0, 0.1) is 0 Å². The third-order valence-electron chi connectivity index (χ3n) is 2.46. The van der Waals surface area contributed by atoms with Gasteiger partial charge in [-0.15, -0.1) is 11.3 Å². The van der Waals surface area contributed by atoms with Crippen molar-refractivity contribution < 1.29 is 9.53 Å². The first-order valence-corrected chi connectivity index (χ1v) is 5.69. The standard InChI is InChI=1S/C10H13NO2S/c11-8-5-6-14-9(8)10(12)13-7-3-1-2-4-7/h5-7H,1-4,11H2. The Hall–Kier alpha value is -1.03. The van der Waals surface area contributed by atoms with E-state index in [4.69, 9.17) is 10.5 Å². The van der Waals surface area contributed by atoms with Gasteiger partial charge in [-0.3, -0.25) is 0 Å². The monoisotopic (exact) mass is 211 g/mol. The minimum absolute atomic E-state index is 0.115. The van der Waals surface area contributed by atoms with Gasteiger partial charge < -0.3 is 10.5 Å². The Morgan fingerprint density at radius 2 is 2.21 bits per heavy atom. The van der Waals surface area contributed by atoms with E-state index in [1.807, 2.05) is 0 Å². The molecule has 1 fully saturated rings. The van der Waals surface area contributed by atoms with Crippen LogP contribution in [0.15, 0.2) is 11.4 Å². The summed E-state index contributed by atoms with van der Waals surface area (Å²) in [6.45, 7) is 0. The molecule has 1 aromatic rings. The van der Waals surface area contributed by atoms with E-state index < -0.39 is 0 Å². The largest absolute Gasteiger partial charge is 0.458 e. The van der Waals surface area contributed by atoms with Crippen LogP contribution in [0.4, 0.5) is 5.69 Å². The predicted octanol–water partition coefficient (Wildman–Crippen LogP) is 2.43. The maximum absolute atomic E-state index is 11.6. The highest BCUT2D eigenvalue weighted by Gasteiger charge is 2.21. The van der Waals surface area contributed by atoms with Gasteiger partial charge in [-0.1, -0.05) is 0 Å². The number of nitrogen functional groups attached to an aromatic ring is 1. The van der Waals surface area contributed by atoms with E-state index in [9.17, 15) is 4.79 Å². The lowest BCUT2D eigenvalue weighted by molar-refractivity contribution is 0.0325. The average Bonchev–Trinajstić information content (AvgIpc) is 2.75. The lowest BCUT2D eigenvalue weighted by atomic mass is 10.3. The van der Waals surface area contributed by atoms with Gasteiger partial charge in [0.15, 0.2) is 0 Å². The molecule has 0 aliphatic heterocycles. The van der Waals surface area contributed by atoms with Crippen molar-refractivity contribution in [2.45, 2.75) is 31.8 Å². The van der Waals surface area contributed by atoms with Gasteiger partial charge in [0.25, 0.3) is 0 Å². The molecule has 4 heteroatoms. The van der Waals surface area contributed by atoms with Crippen molar-refractivity contribution in [3.8, 4) is 0 Å². The number of carbonyl (C=O) groups excluding carboxylic acids is 1. The summed E-state index contributed by atoms with van der Waals surface area (Å²) >= 11 is 1.34. The van der Waals surface area contributed by atoms with Gasteiger partial charge in [-0.2, -0.15) is 0 Å². The van der Waals surface area contributed by atoms with Crippen molar-refractivity contribution in [3.05, 3.63) is 16.3 Å². The summed E-state index contributed by atoms with van der Waals surface area (Å²) in [6, 6.07) is 1.73.